The minimum atomic E-state index is 0.404. The molecule has 0 unspecified atom stereocenters. The van der Waals surface area contributed by atoms with Crippen molar-refractivity contribution in [2.75, 3.05) is 0 Å². The predicted molar refractivity (Wildman–Crippen MR) is 75.0 cm³/mol. The van der Waals surface area contributed by atoms with Gasteiger partial charge in [0.25, 0.3) is 0 Å². The topological polar surface area (TPSA) is 45.9 Å². The van der Waals surface area contributed by atoms with Gasteiger partial charge < -0.3 is 4.74 Å². The molecule has 2 rings (SSSR count). The quantitative estimate of drug-likeness (QED) is 0.808. The fourth-order valence-corrected chi connectivity index (χ4v) is 2.23. The number of nitrogens with zero attached hydrogens (tertiary/aromatic N) is 2. The van der Waals surface area contributed by atoms with E-state index in [0.29, 0.717) is 32.8 Å². The molecule has 0 aliphatic rings. The Hall–Kier alpha value is -1.76. The molecule has 0 bridgehead atoms. The minimum absolute atomic E-state index is 0.404. The molecule has 0 saturated heterocycles. The second-order valence-electron chi connectivity index (χ2n) is 4.04. The SMILES string of the molecule is Cc1cc(Oc2cc(Cl)cc(Cl)c2)c(C#N)c(C)n1. The van der Waals surface area contributed by atoms with Gasteiger partial charge >= 0.3 is 0 Å². The summed E-state index contributed by atoms with van der Waals surface area (Å²) < 4.78 is 5.69. The van der Waals surface area contributed by atoms with E-state index in [2.05, 4.69) is 11.1 Å². The molecule has 5 heteroatoms. The van der Waals surface area contributed by atoms with Crippen LogP contribution in [0.2, 0.25) is 10.0 Å². The van der Waals surface area contributed by atoms with Crippen LogP contribution in [0.4, 0.5) is 0 Å². The van der Waals surface area contributed by atoms with E-state index in [-0.39, 0.29) is 0 Å². The molecule has 0 aliphatic heterocycles. The van der Waals surface area contributed by atoms with Crippen LogP contribution in [0.25, 0.3) is 0 Å². The average molecular weight is 293 g/mol. The van der Waals surface area contributed by atoms with Gasteiger partial charge in [-0.15, -0.1) is 0 Å². The fourth-order valence-electron chi connectivity index (χ4n) is 1.72. The zero-order valence-corrected chi connectivity index (χ0v) is 11.9. The number of pyridine rings is 1. The highest BCUT2D eigenvalue weighted by atomic mass is 35.5. The highest BCUT2D eigenvalue weighted by Crippen LogP contribution is 2.31. The zero-order chi connectivity index (χ0) is 14.0. The lowest BCUT2D eigenvalue weighted by Gasteiger charge is -2.10. The Morgan fingerprint density at radius 2 is 1.74 bits per heavy atom. The van der Waals surface area contributed by atoms with Crippen molar-refractivity contribution < 1.29 is 4.74 Å². The summed E-state index contributed by atoms with van der Waals surface area (Å²) >= 11 is 11.8. The number of nitriles is 1. The van der Waals surface area contributed by atoms with Gasteiger partial charge in [0.15, 0.2) is 0 Å². The maximum Gasteiger partial charge on any atom is 0.148 e. The number of ether oxygens (including phenoxy) is 1. The van der Waals surface area contributed by atoms with Gasteiger partial charge in [0.2, 0.25) is 0 Å². The van der Waals surface area contributed by atoms with Gasteiger partial charge in [-0.25, -0.2) is 0 Å². The van der Waals surface area contributed by atoms with E-state index in [1.165, 1.54) is 0 Å². The second kappa shape index (κ2) is 5.48. The molecule has 0 amide bonds. The number of hydrogen-bond acceptors (Lipinski definition) is 3. The maximum absolute atomic E-state index is 9.16. The van der Waals surface area contributed by atoms with Crippen LogP contribution in [0.5, 0.6) is 11.5 Å². The van der Waals surface area contributed by atoms with E-state index in [1.54, 1.807) is 31.2 Å². The Bertz CT molecular complexity index is 658. The molecular formula is C14H10Cl2N2O. The smallest absolute Gasteiger partial charge is 0.148 e. The molecule has 0 fully saturated rings. The summed E-state index contributed by atoms with van der Waals surface area (Å²) in [6, 6.07) is 8.69. The normalized spacial score (nSPS) is 10.1. The largest absolute Gasteiger partial charge is 0.456 e. The van der Waals surface area contributed by atoms with Crippen molar-refractivity contribution in [1.29, 1.82) is 5.26 Å². The molecule has 0 spiro atoms. The van der Waals surface area contributed by atoms with Gasteiger partial charge in [-0.05, 0) is 32.0 Å². The summed E-state index contributed by atoms with van der Waals surface area (Å²) in [7, 11) is 0. The molecule has 19 heavy (non-hydrogen) atoms. The molecule has 0 atom stereocenters. The van der Waals surface area contributed by atoms with Crippen LogP contribution in [-0.4, -0.2) is 4.98 Å². The average Bonchev–Trinajstić information content (AvgIpc) is 2.26. The van der Waals surface area contributed by atoms with Gasteiger partial charge in [0, 0.05) is 21.8 Å². The van der Waals surface area contributed by atoms with Crippen LogP contribution in [-0.2, 0) is 0 Å². The van der Waals surface area contributed by atoms with Crippen molar-refractivity contribution in [3.05, 3.63) is 51.3 Å². The van der Waals surface area contributed by atoms with Crippen LogP contribution in [0.15, 0.2) is 24.3 Å². The molecule has 0 radical (unpaired) electrons. The lowest BCUT2D eigenvalue weighted by molar-refractivity contribution is 0.479. The van der Waals surface area contributed by atoms with Crippen molar-refractivity contribution in [3.8, 4) is 17.6 Å². The number of benzene rings is 1. The molecule has 0 saturated carbocycles. The molecule has 0 N–H and O–H groups in total. The molecule has 3 nitrogen and oxygen atoms in total. The van der Waals surface area contributed by atoms with Crippen LogP contribution >= 0.6 is 23.2 Å². The summed E-state index contributed by atoms with van der Waals surface area (Å²) in [6.45, 7) is 3.61. The molecule has 2 aromatic rings. The van der Waals surface area contributed by atoms with Crippen LogP contribution < -0.4 is 4.74 Å². The van der Waals surface area contributed by atoms with E-state index in [4.69, 9.17) is 33.2 Å². The third kappa shape index (κ3) is 3.17. The molecule has 1 heterocycles. The van der Waals surface area contributed by atoms with E-state index in [9.17, 15) is 0 Å². The first-order valence-electron chi connectivity index (χ1n) is 5.52. The molecular weight excluding hydrogens is 283 g/mol. The Labute approximate surface area is 121 Å². The first-order valence-corrected chi connectivity index (χ1v) is 6.27. The van der Waals surface area contributed by atoms with Crippen molar-refractivity contribution in [3.63, 3.8) is 0 Å². The summed E-state index contributed by atoms with van der Waals surface area (Å²) in [5.41, 5.74) is 1.81. The minimum Gasteiger partial charge on any atom is -0.456 e. The zero-order valence-electron chi connectivity index (χ0n) is 10.4. The van der Waals surface area contributed by atoms with E-state index < -0.39 is 0 Å². The third-order valence-electron chi connectivity index (χ3n) is 2.47. The van der Waals surface area contributed by atoms with Gasteiger partial charge in [0.05, 0.1) is 5.69 Å². The van der Waals surface area contributed by atoms with Crippen molar-refractivity contribution in [2.45, 2.75) is 13.8 Å². The van der Waals surface area contributed by atoms with Crippen molar-refractivity contribution in [1.82, 2.24) is 4.98 Å². The van der Waals surface area contributed by atoms with E-state index in [1.807, 2.05) is 6.92 Å². The number of aromatic nitrogens is 1. The van der Waals surface area contributed by atoms with Crippen LogP contribution in [0.1, 0.15) is 17.0 Å². The van der Waals surface area contributed by atoms with E-state index >= 15 is 0 Å². The summed E-state index contributed by atoms with van der Waals surface area (Å²) in [4.78, 5) is 4.23. The standard InChI is InChI=1S/C14H10Cl2N2O/c1-8-3-14(13(7-17)9(2)18-8)19-12-5-10(15)4-11(16)6-12/h3-6H,1-2H3. The first kappa shape index (κ1) is 13.7. The van der Waals surface area contributed by atoms with Gasteiger partial charge in [-0.3, -0.25) is 4.98 Å². The second-order valence-corrected chi connectivity index (χ2v) is 4.91. The number of hydrogen-bond donors (Lipinski definition) is 0. The van der Waals surface area contributed by atoms with Crippen molar-refractivity contribution in [2.24, 2.45) is 0 Å². The van der Waals surface area contributed by atoms with Gasteiger partial charge in [-0.2, -0.15) is 5.26 Å². The molecule has 1 aromatic heterocycles. The molecule has 0 aliphatic carbocycles. The maximum atomic E-state index is 9.16. The highest BCUT2D eigenvalue weighted by Gasteiger charge is 2.11. The van der Waals surface area contributed by atoms with Gasteiger partial charge in [0.1, 0.15) is 23.1 Å². The summed E-state index contributed by atoms with van der Waals surface area (Å²) in [5.74, 6) is 0.935. The Balaban J connectivity index is 2.46. The third-order valence-corrected chi connectivity index (χ3v) is 2.90. The van der Waals surface area contributed by atoms with Crippen LogP contribution in [0, 0.1) is 25.2 Å². The number of rotatable bonds is 2. The lowest BCUT2D eigenvalue weighted by Crippen LogP contribution is -1.96. The number of aryl methyl sites for hydroxylation is 2. The molecule has 96 valence electrons. The Morgan fingerprint density at radius 3 is 2.32 bits per heavy atom. The predicted octanol–water partition coefficient (Wildman–Crippen LogP) is 4.67. The Kier molecular flexibility index (Phi) is 3.94. The number of halogens is 2. The summed E-state index contributed by atoms with van der Waals surface area (Å²) in [6.07, 6.45) is 0. The monoisotopic (exact) mass is 292 g/mol. The lowest BCUT2D eigenvalue weighted by atomic mass is 10.2. The Morgan fingerprint density at radius 1 is 1.11 bits per heavy atom. The summed E-state index contributed by atoms with van der Waals surface area (Å²) in [5, 5.41) is 10.1. The van der Waals surface area contributed by atoms with Crippen molar-refractivity contribution >= 4 is 23.2 Å². The first-order chi connectivity index (χ1) is 8.99. The van der Waals surface area contributed by atoms with Gasteiger partial charge in [-0.1, -0.05) is 23.2 Å². The van der Waals surface area contributed by atoms with Crippen LogP contribution in [0.3, 0.4) is 0 Å². The fraction of sp³-hybridized carbons (Fsp3) is 0.143. The molecule has 1 aromatic carbocycles. The highest BCUT2D eigenvalue weighted by molar-refractivity contribution is 6.34. The van der Waals surface area contributed by atoms with E-state index in [0.717, 1.165) is 5.69 Å².